The molecule has 5 aromatic rings. The largest absolute Gasteiger partial charge is 0.491 e. The van der Waals surface area contributed by atoms with E-state index in [-0.39, 0.29) is 37.3 Å². The molecule has 0 radical (unpaired) electrons. The molecule has 0 saturated heterocycles. The van der Waals surface area contributed by atoms with Crippen molar-refractivity contribution >= 4 is 16.9 Å². The number of hydrogen-bond donors (Lipinski definition) is 0. The Balaban J connectivity index is 1.29. The molecular formula is C33H31F3N4O4. The highest BCUT2D eigenvalue weighted by molar-refractivity contribution is 5.81. The van der Waals surface area contributed by atoms with Crippen LogP contribution in [0.3, 0.4) is 0 Å². The minimum atomic E-state index is -4.71. The number of hydrogen-bond acceptors (Lipinski definition) is 6. The van der Waals surface area contributed by atoms with Gasteiger partial charge < -0.3 is 23.5 Å². The molecule has 2 bridgehead atoms. The van der Waals surface area contributed by atoms with E-state index in [1.807, 2.05) is 50.2 Å². The summed E-state index contributed by atoms with van der Waals surface area (Å²) in [5.41, 5.74) is 5.97. The highest BCUT2D eigenvalue weighted by atomic mass is 19.4. The normalized spacial score (nSPS) is 14.6. The van der Waals surface area contributed by atoms with Crippen molar-refractivity contribution in [1.29, 1.82) is 0 Å². The predicted octanol–water partition coefficient (Wildman–Crippen LogP) is 6.36. The quantitative estimate of drug-likeness (QED) is 0.239. The van der Waals surface area contributed by atoms with E-state index in [9.17, 15) is 18.0 Å². The van der Waals surface area contributed by atoms with Gasteiger partial charge in [0.2, 0.25) is 11.7 Å². The summed E-state index contributed by atoms with van der Waals surface area (Å²) in [6.45, 7) is 4.47. The minimum absolute atomic E-state index is 0.183. The molecule has 0 fully saturated rings. The van der Waals surface area contributed by atoms with Gasteiger partial charge in [0.1, 0.15) is 24.7 Å². The molecule has 1 amide bonds. The lowest BCUT2D eigenvalue weighted by Gasteiger charge is -2.25. The van der Waals surface area contributed by atoms with Gasteiger partial charge >= 0.3 is 6.18 Å². The van der Waals surface area contributed by atoms with Gasteiger partial charge in [0.05, 0.1) is 29.9 Å². The summed E-state index contributed by atoms with van der Waals surface area (Å²) in [6.07, 6.45) is -4.15. The zero-order valence-corrected chi connectivity index (χ0v) is 24.4. The second-order valence-corrected chi connectivity index (χ2v) is 10.8. The fraction of sp³-hybridized carbons (Fsp3) is 0.303. The monoisotopic (exact) mass is 604 g/mol. The van der Waals surface area contributed by atoms with Crippen molar-refractivity contribution in [3.63, 3.8) is 0 Å². The van der Waals surface area contributed by atoms with Crippen molar-refractivity contribution in [3.05, 3.63) is 101 Å². The van der Waals surface area contributed by atoms with Crippen molar-refractivity contribution in [2.24, 2.45) is 0 Å². The maximum absolute atomic E-state index is 13.9. The highest BCUT2D eigenvalue weighted by Gasteiger charge is 2.38. The molecule has 0 aliphatic carbocycles. The molecule has 0 spiro atoms. The number of para-hydroxylation sites is 2. The third-order valence-corrected chi connectivity index (χ3v) is 7.69. The Morgan fingerprint density at radius 3 is 2.57 bits per heavy atom. The molecule has 11 heteroatoms. The summed E-state index contributed by atoms with van der Waals surface area (Å²) >= 11 is 0. The highest BCUT2D eigenvalue weighted by Crippen LogP contribution is 2.33. The third kappa shape index (κ3) is 6.19. The van der Waals surface area contributed by atoms with Gasteiger partial charge in [-0.3, -0.25) is 4.79 Å². The first-order chi connectivity index (χ1) is 21.2. The number of halogens is 3. The van der Waals surface area contributed by atoms with E-state index in [1.165, 1.54) is 17.0 Å². The summed E-state index contributed by atoms with van der Waals surface area (Å²) in [5.74, 6) is -0.0866. The third-order valence-electron chi connectivity index (χ3n) is 7.69. The van der Waals surface area contributed by atoms with Crippen LogP contribution in [0.15, 0.2) is 71.3 Å². The molecule has 1 aliphatic rings. The van der Waals surface area contributed by atoms with Crippen LogP contribution in [0.5, 0.6) is 5.75 Å². The number of benzene rings is 3. The number of aromatic nitrogens is 3. The fourth-order valence-electron chi connectivity index (χ4n) is 5.65. The first kappa shape index (κ1) is 29.4. The zero-order valence-electron chi connectivity index (χ0n) is 24.4. The molecule has 3 aromatic carbocycles. The van der Waals surface area contributed by atoms with Gasteiger partial charge in [-0.25, -0.2) is 4.98 Å². The fourth-order valence-corrected chi connectivity index (χ4v) is 5.65. The molecular weight excluding hydrogens is 573 g/mol. The Labute approximate surface area is 252 Å². The molecule has 0 atom stereocenters. The number of nitrogens with zero attached hydrogens (tertiary/aromatic N) is 4. The minimum Gasteiger partial charge on any atom is -0.491 e. The van der Waals surface area contributed by atoms with Gasteiger partial charge in [-0.15, -0.1) is 0 Å². The summed E-state index contributed by atoms with van der Waals surface area (Å²) in [4.78, 5) is 18.9. The van der Waals surface area contributed by atoms with E-state index in [0.717, 1.165) is 49.6 Å². The van der Waals surface area contributed by atoms with Gasteiger partial charge in [0.25, 0.3) is 0 Å². The number of aryl methyl sites for hydroxylation is 2. The molecule has 0 saturated carbocycles. The number of carbonyl (C=O) groups excluding carboxylic acids is 1. The summed E-state index contributed by atoms with van der Waals surface area (Å²) in [5, 5.41) is 4.09. The molecule has 6 rings (SSSR count). The van der Waals surface area contributed by atoms with Crippen LogP contribution in [0.2, 0.25) is 0 Å². The standard InChI is InChI=1S/C33H31F3N4O4/c1-21-31(22(2)44-38-21)25-10-11-29-26(18-25)17-23-6-5-7-24(16-23)19-39(12-13-42-14-15-43-29)30(41)20-40-28-9-4-3-8-27(28)37-32(40)33(34,35)36/h3-11,16,18H,12-15,17,19-20H2,1-2H3. The van der Waals surface area contributed by atoms with E-state index in [4.69, 9.17) is 14.0 Å². The number of amides is 1. The van der Waals surface area contributed by atoms with Gasteiger partial charge in [-0.1, -0.05) is 47.6 Å². The van der Waals surface area contributed by atoms with Gasteiger partial charge in [0, 0.05) is 25.1 Å². The second-order valence-electron chi connectivity index (χ2n) is 10.8. The first-order valence-electron chi connectivity index (χ1n) is 14.3. The van der Waals surface area contributed by atoms with Crippen LogP contribution in [-0.2, 0) is 35.2 Å². The van der Waals surface area contributed by atoms with Gasteiger partial charge in [0.15, 0.2) is 0 Å². The SMILES string of the molecule is Cc1noc(C)c1-c1ccc2c(c1)Cc1cccc(c1)CN(C(=O)Cn1c(C(F)(F)F)nc3ccccc31)CCOCCO2. The maximum Gasteiger partial charge on any atom is 0.449 e. The lowest BCUT2D eigenvalue weighted by atomic mass is 9.96. The zero-order chi connectivity index (χ0) is 30.8. The molecule has 2 aromatic heterocycles. The lowest BCUT2D eigenvalue weighted by Crippen LogP contribution is -2.37. The number of rotatable bonds is 3. The van der Waals surface area contributed by atoms with Crippen molar-refractivity contribution in [2.45, 2.75) is 39.5 Å². The summed E-state index contributed by atoms with van der Waals surface area (Å²) in [7, 11) is 0. The smallest absolute Gasteiger partial charge is 0.449 e. The van der Waals surface area contributed by atoms with Crippen LogP contribution in [0.25, 0.3) is 22.2 Å². The van der Waals surface area contributed by atoms with E-state index < -0.39 is 24.5 Å². The van der Waals surface area contributed by atoms with Crippen molar-refractivity contribution in [1.82, 2.24) is 19.6 Å². The van der Waals surface area contributed by atoms with Crippen molar-refractivity contribution < 1.29 is 32.0 Å². The number of carbonyl (C=O) groups is 1. The van der Waals surface area contributed by atoms with Crippen LogP contribution in [-0.4, -0.2) is 51.9 Å². The molecule has 228 valence electrons. The van der Waals surface area contributed by atoms with E-state index >= 15 is 0 Å². The number of fused-ring (bicyclic) bond motifs is 4. The molecule has 44 heavy (non-hydrogen) atoms. The van der Waals surface area contributed by atoms with E-state index in [1.54, 1.807) is 12.1 Å². The predicted molar refractivity (Wildman–Crippen MR) is 157 cm³/mol. The van der Waals surface area contributed by atoms with Crippen molar-refractivity contribution in [2.75, 3.05) is 26.4 Å². The van der Waals surface area contributed by atoms with Crippen LogP contribution < -0.4 is 4.74 Å². The number of ether oxygens (including phenoxy) is 2. The molecule has 0 N–H and O–H groups in total. The second kappa shape index (κ2) is 12.2. The Morgan fingerprint density at radius 2 is 1.77 bits per heavy atom. The Bertz CT molecular complexity index is 1790. The summed E-state index contributed by atoms with van der Waals surface area (Å²) in [6, 6.07) is 20.1. The molecule has 8 nitrogen and oxygen atoms in total. The number of imidazole rings is 1. The van der Waals surface area contributed by atoms with Crippen LogP contribution in [0.4, 0.5) is 13.2 Å². The molecule has 0 unspecified atom stereocenters. The van der Waals surface area contributed by atoms with Gasteiger partial charge in [-0.05, 0) is 60.4 Å². The average Bonchev–Trinajstić information content (AvgIpc) is 3.53. The maximum atomic E-state index is 13.9. The van der Waals surface area contributed by atoms with E-state index in [2.05, 4.69) is 16.2 Å². The number of alkyl halides is 3. The Kier molecular flexibility index (Phi) is 8.13. The van der Waals surface area contributed by atoms with E-state index in [0.29, 0.717) is 13.0 Å². The Morgan fingerprint density at radius 1 is 0.955 bits per heavy atom. The summed E-state index contributed by atoms with van der Waals surface area (Å²) < 4.78 is 59.9. The molecule has 1 aliphatic heterocycles. The van der Waals surface area contributed by atoms with Crippen LogP contribution in [0, 0.1) is 13.8 Å². The first-order valence-corrected chi connectivity index (χ1v) is 14.3. The Hall–Kier alpha value is -4.64. The lowest BCUT2D eigenvalue weighted by molar-refractivity contribution is -0.148. The van der Waals surface area contributed by atoms with Crippen LogP contribution >= 0.6 is 0 Å². The van der Waals surface area contributed by atoms with Crippen LogP contribution in [0.1, 0.15) is 34.0 Å². The average molecular weight is 605 g/mol. The topological polar surface area (TPSA) is 82.6 Å². The van der Waals surface area contributed by atoms with Crippen molar-refractivity contribution in [3.8, 4) is 16.9 Å². The molecule has 3 heterocycles. The van der Waals surface area contributed by atoms with Gasteiger partial charge in [-0.2, -0.15) is 13.2 Å².